The van der Waals surface area contributed by atoms with Crippen molar-refractivity contribution in [1.29, 1.82) is 0 Å². The van der Waals surface area contributed by atoms with E-state index in [2.05, 4.69) is 4.72 Å². The average molecular weight is 220 g/mol. The molecule has 14 heavy (non-hydrogen) atoms. The number of rotatable bonds is 7. The molecule has 0 aromatic rings. The van der Waals surface area contributed by atoms with Gasteiger partial charge in [-0.05, 0) is 25.7 Å². The van der Waals surface area contributed by atoms with Gasteiger partial charge in [0.1, 0.15) is 0 Å². The number of nitrogens with one attached hydrogen (secondary N) is 1. The molecule has 1 rings (SSSR count). The summed E-state index contributed by atoms with van der Waals surface area (Å²) in [5, 5.41) is -0.483. The lowest BCUT2D eigenvalue weighted by Gasteiger charge is -2.11. The van der Waals surface area contributed by atoms with E-state index in [9.17, 15) is 8.42 Å². The molecule has 1 saturated carbocycles. The zero-order chi connectivity index (χ0) is 10.6. The predicted octanol–water partition coefficient (Wildman–Crippen LogP) is 0.443. The van der Waals surface area contributed by atoms with Gasteiger partial charge >= 0.3 is 0 Å². The first kappa shape index (κ1) is 11.9. The summed E-state index contributed by atoms with van der Waals surface area (Å²) in [4.78, 5) is 0. The van der Waals surface area contributed by atoms with Crippen molar-refractivity contribution in [3.8, 4) is 0 Å². The Bertz CT molecular complexity index is 260. The molecule has 3 N–H and O–H groups in total. The highest BCUT2D eigenvalue weighted by Gasteiger charge is 2.21. The van der Waals surface area contributed by atoms with Crippen molar-refractivity contribution >= 4 is 10.0 Å². The summed E-state index contributed by atoms with van der Waals surface area (Å²) in [6.45, 7) is 2.37. The maximum absolute atomic E-state index is 11.4. The molecule has 0 amide bonds. The highest BCUT2D eigenvalue weighted by atomic mass is 32.2. The van der Waals surface area contributed by atoms with Crippen molar-refractivity contribution in [2.24, 2.45) is 11.7 Å². The fourth-order valence-corrected chi connectivity index (χ4v) is 2.25. The zero-order valence-corrected chi connectivity index (χ0v) is 9.52. The van der Waals surface area contributed by atoms with Crippen LogP contribution in [0.2, 0.25) is 0 Å². The Labute approximate surface area is 86.3 Å². The summed E-state index contributed by atoms with van der Waals surface area (Å²) in [7, 11) is -3.16. The Balaban J connectivity index is 2.14. The molecule has 1 fully saturated rings. The van der Waals surface area contributed by atoms with Crippen LogP contribution >= 0.6 is 0 Å². The maximum Gasteiger partial charge on any atom is 0.215 e. The highest BCUT2D eigenvalue weighted by molar-refractivity contribution is 7.90. The molecule has 1 atom stereocenters. The van der Waals surface area contributed by atoms with Gasteiger partial charge in [0.2, 0.25) is 10.0 Å². The molecule has 4 nitrogen and oxygen atoms in total. The molecule has 0 aliphatic heterocycles. The second-order valence-corrected chi connectivity index (χ2v) is 6.25. The lowest BCUT2D eigenvalue weighted by atomic mass is 10.2. The average Bonchev–Trinajstić information content (AvgIpc) is 2.94. The maximum atomic E-state index is 11.4. The minimum absolute atomic E-state index is 0.179. The van der Waals surface area contributed by atoms with E-state index in [0.29, 0.717) is 6.54 Å². The van der Waals surface area contributed by atoms with Gasteiger partial charge in [-0.2, -0.15) is 0 Å². The van der Waals surface area contributed by atoms with E-state index in [4.69, 9.17) is 5.73 Å². The van der Waals surface area contributed by atoms with Crippen molar-refractivity contribution in [2.75, 3.05) is 13.1 Å². The molecule has 1 aliphatic carbocycles. The van der Waals surface area contributed by atoms with Gasteiger partial charge in [-0.1, -0.05) is 12.8 Å². The van der Waals surface area contributed by atoms with Gasteiger partial charge in [-0.3, -0.25) is 0 Å². The van der Waals surface area contributed by atoms with Crippen LogP contribution in [0.15, 0.2) is 0 Å². The van der Waals surface area contributed by atoms with Crippen LogP contribution in [0, 0.1) is 5.92 Å². The van der Waals surface area contributed by atoms with Gasteiger partial charge in [-0.15, -0.1) is 0 Å². The molecular formula is C9H20N2O2S. The van der Waals surface area contributed by atoms with Crippen LogP contribution in [-0.2, 0) is 10.0 Å². The summed E-state index contributed by atoms with van der Waals surface area (Å²) in [6.07, 6.45) is 4.75. The van der Waals surface area contributed by atoms with E-state index >= 15 is 0 Å². The Kier molecular flexibility index (Phi) is 4.34. The van der Waals surface area contributed by atoms with E-state index in [-0.39, 0.29) is 6.54 Å². The monoisotopic (exact) mass is 220 g/mol. The molecule has 0 radical (unpaired) electrons. The third-order valence-electron chi connectivity index (χ3n) is 2.65. The van der Waals surface area contributed by atoms with E-state index < -0.39 is 15.3 Å². The molecule has 1 aliphatic rings. The van der Waals surface area contributed by atoms with Crippen LogP contribution in [0.5, 0.6) is 0 Å². The number of sulfonamides is 1. The van der Waals surface area contributed by atoms with Crippen LogP contribution in [0.1, 0.15) is 32.6 Å². The Morgan fingerprint density at radius 2 is 2.14 bits per heavy atom. The van der Waals surface area contributed by atoms with Crippen LogP contribution in [0.3, 0.4) is 0 Å². The Hall–Kier alpha value is -0.130. The lowest BCUT2D eigenvalue weighted by Crippen LogP contribution is -2.37. The smallest absolute Gasteiger partial charge is 0.215 e. The first-order valence-electron chi connectivity index (χ1n) is 5.25. The molecule has 0 bridgehead atoms. The third kappa shape index (κ3) is 3.94. The first-order chi connectivity index (χ1) is 6.56. The molecule has 84 valence electrons. The first-order valence-corrected chi connectivity index (χ1v) is 6.79. The molecule has 1 unspecified atom stereocenters. The Morgan fingerprint density at radius 3 is 2.64 bits per heavy atom. The minimum atomic E-state index is -3.16. The van der Waals surface area contributed by atoms with Crippen LogP contribution in [0.4, 0.5) is 0 Å². The topological polar surface area (TPSA) is 72.2 Å². The van der Waals surface area contributed by atoms with Crippen molar-refractivity contribution < 1.29 is 8.42 Å². The molecule has 0 aromatic heterocycles. The Morgan fingerprint density at radius 1 is 1.50 bits per heavy atom. The second-order valence-electron chi connectivity index (χ2n) is 4.07. The number of hydrogen-bond donors (Lipinski definition) is 2. The highest BCUT2D eigenvalue weighted by Crippen LogP contribution is 2.33. The summed E-state index contributed by atoms with van der Waals surface area (Å²) in [5.41, 5.74) is 5.30. The molecule has 5 heteroatoms. The molecule has 0 aromatic carbocycles. The SMILES string of the molecule is CC(CN)S(=O)(=O)NCCCC1CC1. The second kappa shape index (κ2) is 5.09. The summed E-state index contributed by atoms with van der Waals surface area (Å²) in [6, 6.07) is 0. The van der Waals surface area contributed by atoms with Gasteiger partial charge in [0.25, 0.3) is 0 Å². The standard InChI is InChI=1S/C9H20N2O2S/c1-8(7-10)14(12,13)11-6-2-3-9-4-5-9/h8-9,11H,2-7,10H2,1H3. The van der Waals surface area contributed by atoms with E-state index in [1.165, 1.54) is 12.8 Å². The van der Waals surface area contributed by atoms with Gasteiger partial charge in [0.05, 0.1) is 5.25 Å². The third-order valence-corrected chi connectivity index (χ3v) is 4.51. The van der Waals surface area contributed by atoms with Crippen LogP contribution in [0.25, 0.3) is 0 Å². The molecule has 0 spiro atoms. The molecular weight excluding hydrogens is 200 g/mol. The van der Waals surface area contributed by atoms with Crippen LogP contribution in [-0.4, -0.2) is 26.8 Å². The van der Waals surface area contributed by atoms with Crippen molar-refractivity contribution in [3.63, 3.8) is 0 Å². The van der Waals surface area contributed by atoms with Gasteiger partial charge < -0.3 is 5.73 Å². The summed E-state index contributed by atoms with van der Waals surface area (Å²) < 4.78 is 25.4. The van der Waals surface area contributed by atoms with Crippen LogP contribution < -0.4 is 10.5 Å². The normalized spacial score (nSPS) is 19.6. The number of hydrogen-bond acceptors (Lipinski definition) is 3. The quantitative estimate of drug-likeness (QED) is 0.612. The van der Waals surface area contributed by atoms with E-state index in [0.717, 1.165) is 18.8 Å². The van der Waals surface area contributed by atoms with Gasteiger partial charge in [0, 0.05) is 13.1 Å². The van der Waals surface area contributed by atoms with Gasteiger partial charge in [0.15, 0.2) is 0 Å². The van der Waals surface area contributed by atoms with E-state index in [1.54, 1.807) is 6.92 Å². The van der Waals surface area contributed by atoms with Crippen molar-refractivity contribution in [1.82, 2.24) is 4.72 Å². The fraction of sp³-hybridized carbons (Fsp3) is 1.00. The fourth-order valence-electron chi connectivity index (χ4n) is 1.28. The zero-order valence-electron chi connectivity index (χ0n) is 8.70. The molecule has 0 saturated heterocycles. The van der Waals surface area contributed by atoms with Crippen molar-refractivity contribution in [2.45, 2.75) is 37.9 Å². The summed E-state index contributed by atoms with van der Waals surface area (Å²) in [5.74, 6) is 0.867. The molecule has 0 heterocycles. The van der Waals surface area contributed by atoms with Crippen molar-refractivity contribution in [3.05, 3.63) is 0 Å². The van der Waals surface area contributed by atoms with Gasteiger partial charge in [-0.25, -0.2) is 13.1 Å². The largest absolute Gasteiger partial charge is 0.329 e. The lowest BCUT2D eigenvalue weighted by molar-refractivity contribution is 0.561. The predicted molar refractivity (Wildman–Crippen MR) is 57.4 cm³/mol. The summed E-state index contributed by atoms with van der Waals surface area (Å²) >= 11 is 0. The minimum Gasteiger partial charge on any atom is -0.329 e. The van der Waals surface area contributed by atoms with E-state index in [1.807, 2.05) is 0 Å². The number of nitrogens with two attached hydrogens (primary N) is 1.